The standard InChI is InChI=1S/C20H15FN4O3S2/c1-27-15-8-4-13(5-9-15)18-24-25-20(28-18)30-11-17(26)23-19-22-16(10-29-19)12-2-6-14(21)7-3-12/h2-10H,11H2,1H3,(H,22,23,26). The number of carbonyl (C=O) groups is 1. The van der Waals surface area contributed by atoms with Crippen LogP contribution in [-0.2, 0) is 4.79 Å². The molecule has 0 saturated heterocycles. The quantitative estimate of drug-likeness (QED) is 0.414. The van der Waals surface area contributed by atoms with Crippen LogP contribution in [0.4, 0.5) is 9.52 Å². The Balaban J connectivity index is 1.32. The Morgan fingerprint density at radius 3 is 2.60 bits per heavy atom. The number of thioether (sulfide) groups is 1. The second kappa shape index (κ2) is 9.06. The molecule has 152 valence electrons. The van der Waals surface area contributed by atoms with Gasteiger partial charge in [0.1, 0.15) is 11.6 Å². The summed E-state index contributed by atoms with van der Waals surface area (Å²) in [5.74, 6) is 0.633. The Hall–Kier alpha value is -3.24. The minimum atomic E-state index is -0.310. The molecule has 0 spiro atoms. The molecule has 1 amide bonds. The number of anilines is 1. The highest BCUT2D eigenvalue weighted by Gasteiger charge is 2.13. The van der Waals surface area contributed by atoms with E-state index in [-0.39, 0.29) is 17.5 Å². The molecular formula is C20H15FN4O3S2. The first-order chi connectivity index (χ1) is 14.6. The predicted octanol–water partition coefficient (Wildman–Crippen LogP) is 4.74. The molecule has 4 aromatic rings. The fraction of sp³-hybridized carbons (Fsp3) is 0.100. The van der Waals surface area contributed by atoms with Crippen LogP contribution in [-0.4, -0.2) is 34.0 Å². The van der Waals surface area contributed by atoms with Gasteiger partial charge in [0.05, 0.1) is 18.6 Å². The second-order valence-electron chi connectivity index (χ2n) is 5.98. The maximum Gasteiger partial charge on any atom is 0.277 e. The molecule has 7 nitrogen and oxygen atoms in total. The number of amides is 1. The summed E-state index contributed by atoms with van der Waals surface area (Å²) in [4.78, 5) is 16.6. The van der Waals surface area contributed by atoms with Crippen LogP contribution < -0.4 is 10.1 Å². The van der Waals surface area contributed by atoms with Crippen LogP contribution in [0.5, 0.6) is 5.75 Å². The monoisotopic (exact) mass is 442 g/mol. The largest absolute Gasteiger partial charge is 0.497 e. The molecule has 0 fully saturated rings. The van der Waals surface area contributed by atoms with Gasteiger partial charge in [0.15, 0.2) is 5.13 Å². The minimum Gasteiger partial charge on any atom is -0.497 e. The smallest absolute Gasteiger partial charge is 0.277 e. The number of nitrogens with zero attached hydrogens (tertiary/aromatic N) is 3. The maximum absolute atomic E-state index is 13.0. The lowest BCUT2D eigenvalue weighted by Crippen LogP contribution is -2.13. The third kappa shape index (κ3) is 4.84. The molecule has 2 aromatic carbocycles. The number of methoxy groups -OCH3 is 1. The first kappa shape index (κ1) is 20.0. The van der Waals surface area contributed by atoms with Gasteiger partial charge < -0.3 is 14.5 Å². The zero-order valence-corrected chi connectivity index (χ0v) is 17.3. The number of hydrogen-bond acceptors (Lipinski definition) is 8. The number of hydrogen-bond donors (Lipinski definition) is 1. The Labute approximate surface area is 179 Å². The number of thiazole rings is 1. The highest BCUT2D eigenvalue weighted by molar-refractivity contribution is 7.99. The van der Waals surface area contributed by atoms with Crippen molar-refractivity contribution in [2.24, 2.45) is 0 Å². The van der Waals surface area contributed by atoms with Crippen LogP contribution in [0, 0.1) is 5.82 Å². The SMILES string of the molecule is COc1ccc(-c2nnc(SCC(=O)Nc3nc(-c4ccc(F)cc4)cs3)o2)cc1. The molecule has 0 aliphatic carbocycles. The Morgan fingerprint density at radius 2 is 1.87 bits per heavy atom. The van der Waals surface area contributed by atoms with Crippen molar-refractivity contribution in [2.75, 3.05) is 18.2 Å². The van der Waals surface area contributed by atoms with E-state index in [4.69, 9.17) is 9.15 Å². The van der Waals surface area contributed by atoms with Gasteiger partial charge >= 0.3 is 0 Å². The summed E-state index contributed by atoms with van der Waals surface area (Å²) >= 11 is 2.43. The van der Waals surface area contributed by atoms with Crippen molar-refractivity contribution in [3.05, 3.63) is 59.7 Å². The molecule has 4 rings (SSSR count). The van der Waals surface area contributed by atoms with Crippen LogP contribution in [0.25, 0.3) is 22.7 Å². The van der Waals surface area contributed by atoms with E-state index in [9.17, 15) is 9.18 Å². The number of ether oxygens (including phenoxy) is 1. The van der Waals surface area contributed by atoms with Crippen LogP contribution in [0.3, 0.4) is 0 Å². The summed E-state index contributed by atoms with van der Waals surface area (Å²) < 4.78 is 23.7. The van der Waals surface area contributed by atoms with Gasteiger partial charge in [-0.25, -0.2) is 9.37 Å². The first-order valence-corrected chi connectivity index (χ1v) is 10.6. The van der Waals surface area contributed by atoms with Crippen LogP contribution >= 0.6 is 23.1 Å². The van der Waals surface area contributed by atoms with Gasteiger partial charge in [-0.05, 0) is 48.5 Å². The summed E-state index contributed by atoms with van der Waals surface area (Å²) in [7, 11) is 1.59. The van der Waals surface area contributed by atoms with Crippen molar-refractivity contribution >= 4 is 34.1 Å². The van der Waals surface area contributed by atoms with Crippen molar-refractivity contribution < 1.29 is 18.3 Å². The van der Waals surface area contributed by atoms with Crippen LogP contribution in [0.15, 0.2) is 63.6 Å². The number of nitrogens with one attached hydrogen (secondary N) is 1. The Bertz CT molecular complexity index is 1140. The molecule has 0 unspecified atom stereocenters. The van der Waals surface area contributed by atoms with Crippen LogP contribution in [0.1, 0.15) is 0 Å². The van der Waals surface area contributed by atoms with Crippen molar-refractivity contribution in [1.29, 1.82) is 0 Å². The lowest BCUT2D eigenvalue weighted by molar-refractivity contribution is -0.113. The first-order valence-electron chi connectivity index (χ1n) is 8.73. The number of carbonyl (C=O) groups excluding carboxylic acids is 1. The average Bonchev–Trinajstić information content (AvgIpc) is 3.43. The van der Waals surface area contributed by atoms with E-state index in [1.165, 1.54) is 23.5 Å². The van der Waals surface area contributed by atoms with E-state index in [0.717, 1.165) is 28.6 Å². The Kier molecular flexibility index (Phi) is 6.05. The third-order valence-electron chi connectivity index (χ3n) is 3.96. The normalized spacial score (nSPS) is 10.7. The number of halogens is 1. The molecule has 0 aliphatic heterocycles. The van der Waals surface area contributed by atoms with E-state index >= 15 is 0 Å². The highest BCUT2D eigenvalue weighted by Crippen LogP contribution is 2.27. The lowest BCUT2D eigenvalue weighted by Gasteiger charge is -2.00. The van der Waals surface area contributed by atoms with E-state index in [1.54, 1.807) is 36.8 Å². The molecule has 2 aromatic heterocycles. The Morgan fingerprint density at radius 1 is 1.13 bits per heavy atom. The van der Waals surface area contributed by atoms with E-state index < -0.39 is 0 Å². The zero-order chi connectivity index (χ0) is 20.9. The molecule has 0 radical (unpaired) electrons. The summed E-state index contributed by atoms with van der Waals surface area (Å²) in [6.45, 7) is 0. The van der Waals surface area contributed by atoms with Crippen molar-refractivity contribution in [2.45, 2.75) is 5.22 Å². The highest BCUT2D eigenvalue weighted by atomic mass is 32.2. The van der Waals surface area contributed by atoms with Gasteiger partial charge in [-0.2, -0.15) is 0 Å². The maximum atomic E-state index is 13.0. The fourth-order valence-electron chi connectivity index (χ4n) is 2.49. The number of aromatic nitrogens is 3. The average molecular weight is 442 g/mol. The molecular weight excluding hydrogens is 427 g/mol. The molecule has 0 atom stereocenters. The fourth-order valence-corrected chi connectivity index (χ4v) is 3.78. The summed E-state index contributed by atoms with van der Waals surface area (Å²) in [6, 6.07) is 13.2. The minimum absolute atomic E-state index is 0.0930. The number of benzene rings is 2. The van der Waals surface area contributed by atoms with Crippen LogP contribution in [0.2, 0.25) is 0 Å². The van der Waals surface area contributed by atoms with Gasteiger partial charge in [0.2, 0.25) is 11.8 Å². The van der Waals surface area contributed by atoms with E-state index in [1.807, 2.05) is 12.1 Å². The molecule has 0 saturated carbocycles. The molecule has 10 heteroatoms. The lowest BCUT2D eigenvalue weighted by atomic mass is 10.2. The van der Waals surface area contributed by atoms with Crippen molar-refractivity contribution in [3.8, 4) is 28.5 Å². The van der Waals surface area contributed by atoms with E-state index in [2.05, 4.69) is 20.5 Å². The summed E-state index contributed by atoms with van der Waals surface area (Å²) in [5, 5.41) is 13.2. The van der Waals surface area contributed by atoms with Gasteiger partial charge in [-0.1, -0.05) is 11.8 Å². The molecule has 2 heterocycles. The third-order valence-corrected chi connectivity index (χ3v) is 5.54. The topological polar surface area (TPSA) is 90.1 Å². The molecule has 0 bridgehead atoms. The van der Waals surface area contributed by atoms with Gasteiger partial charge in [0.25, 0.3) is 5.22 Å². The van der Waals surface area contributed by atoms with Crippen molar-refractivity contribution in [3.63, 3.8) is 0 Å². The van der Waals surface area contributed by atoms with E-state index in [0.29, 0.717) is 21.9 Å². The second-order valence-corrected chi connectivity index (χ2v) is 7.77. The molecule has 30 heavy (non-hydrogen) atoms. The van der Waals surface area contributed by atoms with Gasteiger partial charge in [-0.15, -0.1) is 21.5 Å². The van der Waals surface area contributed by atoms with Gasteiger partial charge in [-0.3, -0.25) is 4.79 Å². The predicted molar refractivity (Wildman–Crippen MR) is 113 cm³/mol. The molecule has 1 N–H and O–H groups in total. The molecule has 0 aliphatic rings. The summed E-state index contributed by atoms with van der Waals surface area (Å²) in [6.07, 6.45) is 0. The van der Waals surface area contributed by atoms with Crippen molar-refractivity contribution in [1.82, 2.24) is 15.2 Å². The van der Waals surface area contributed by atoms with Gasteiger partial charge in [0, 0.05) is 16.5 Å². The number of rotatable bonds is 7. The summed E-state index contributed by atoms with van der Waals surface area (Å²) in [5.41, 5.74) is 2.21. The zero-order valence-electron chi connectivity index (χ0n) is 15.7.